The average molecular weight is 1550 g/mol. The normalized spacial score (nSPS) is 10.3. The molecule has 0 saturated carbocycles. The Hall–Kier alpha value is -6.62. The molecule has 4 unspecified atom stereocenters. The van der Waals surface area contributed by atoms with E-state index in [-0.39, 0.29) is 116 Å². The van der Waals surface area contributed by atoms with Crippen LogP contribution in [0.5, 0.6) is 0 Å². The number of carbonyl (C=O) groups is 4. The van der Waals surface area contributed by atoms with Gasteiger partial charge in [0.1, 0.15) is 0 Å². The largest absolute Gasteiger partial charge is 2.00 e. The predicted octanol–water partition coefficient (Wildman–Crippen LogP) is 14.5. The maximum atomic E-state index is 10.7. The van der Waals surface area contributed by atoms with E-state index in [1.807, 2.05) is 42.3 Å². The molecule has 0 saturated heterocycles. The Kier molecular flexibility index (Phi) is 36.6. The topological polar surface area (TPSA) is 383 Å². The molecule has 0 aliphatic carbocycles. The van der Waals surface area contributed by atoms with Crippen LogP contribution in [0.4, 0.5) is 19.2 Å². The number of aromatic amines is 4. The van der Waals surface area contributed by atoms with E-state index in [9.17, 15) is 38.4 Å². The van der Waals surface area contributed by atoms with Crippen LogP contribution in [-0.4, -0.2) is 117 Å². The second-order valence-electron chi connectivity index (χ2n) is 16.9. The fourth-order valence-electron chi connectivity index (χ4n) is 7.58. The number of thiophene rings is 4. The Morgan fingerprint density at radius 2 is 0.677 bits per heavy atom. The SMILES string of the molecule is C.COC([NH-])=O.COC([NH-])=O.COC([NH-])=O.COC([NH-])=O.O=[C-]Pc1ncc(-c2cc3sc(-c4ccc(-c5ccc6nc(P[C-]=O)[nH]c6c5)cc4)cc3s2)[nH]1.O=[C-]Pc1ncc(-c2ccc(-c3cc4sc(-c5ccc6nc(P[C-]=O)[nH]c6c5)cc4s3)cc2)[nH]1.[V+2].[V+2].[V+2].[V+2]. The number of rotatable bonds is 14. The Balaban J connectivity index is 0.000000471. The number of carbonyl (C=O) groups excluding carboxylic acids is 8. The van der Waals surface area contributed by atoms with Crippen molar-refractivity contribution in [2.75, 3.05) is 28.4 Å². The Bertz CT molecular complexity index is 4290. The zero-order valence-electron chi connectivity index (χ0n) is 47.7. The summed E-state index contributed by atoms with van der Waals surface area (Å²) in [4.78, 5) is 114. The third-order valence-electron chi connectivity index (χ3n) is 11.5. The fraction of sp³-hybridized carbons (Fsp3) is 0.0877. The van der Waals surface area contributed by atoms with Gasteiger partial charge in [0.2, 0.25) is 24.4 Å². The van der Waals surface area contributed by atoms with Crippen molar-refractivity contribution in [2.45, 2.75) is 7.43 Å². The van der Waals surface area contributed by atoms with Crippen molar-refractivity contribution < 1.29 is 132 Å². The first-order valence-electron chi connectivity index (χ1n) is 24.6. The summed E-state index contributed by atoms with van der Waals surface area (Å²) in [6, 6.07) is 45.6. The molecule has 4 radical (unpaired) electrons. The number of imidazole rings is 4. The van der Waals surface area contributed by atoms with Crippen LogP contribution in [0.1, 0.15) is 7.43 Å². The molecular formula is C57H48N12O12P4S4V4. The molecule has 93 heavy (non-hydrogen) atoms. The van der Waals surface area contributed by atoms with Crippen LogP contribution >= 0.6 is 79.7 Å². The van der Waals surface area contributed by atoms with Crippen LogP contribution in [0.25, 0.3) is 128 Å². The number of aromatic nitrogens is 8. The molecule has 8 N–H and O–H groups in total. The van der Waals surface area contributed by atoms with Gasteiger partial charge < -0.3 is 81.0 Å². The van der Waals surface area contributed by atoms with Gasteiger partial charge in [0.15, 0.2) is 0 Å². The van der Waals surface area contributed by atoms with Crippen molar-refractivity contribution in [3.8, 4) is 64.3 Å². The minimum Gasteiger partial charge on any atom is -0.632 e. The molecule has 4 aromatic carbocycles. The van der Waals surface area contributed by atoms with E-state index in [1.165, 1.54) is 44.6 Å². The molecule has 24 nitrogen and oxygen atoms in total. The van der Waals surface area contributed by atoms with Crippen molar-refractivity contribution in [1.29, 1.82) is 0 Å². The molecule has 36 heteroatoms. The van der Waals surface area contributed by atoms with Gasteiger partial charge in [-0.2, -0.15) is 34.3 Å². The van der Waals surface area contributed by atoms with E-state index < -0.39 is 24.4 Å². The minimum absolute atomic E-state index is 0. The van der Waals surface area contributed by atoms with Gasteiger partial charge in [-0.05, 0) is 81.9 Å². The number of fused-ring (bicyclic) bond motifs is 4. The molecule has 0 bridgehead atoms. The van der Waals surface area contributed by atoms with E-state index in [0.29, 0.717) is 22.3 Å². The molecule has 0 aliphatic rings. The first-order chi connectivity index (χ1) is 42.5. The molecule has 8 heterocycles. The van der Waals surface area contributed by atoms with Gasteiger partial charge in [-0.1, -0.05) is 68.1 Å². The molecule has 8 aromatic heterocycles. The molecule has 472 valence electrons. The van der Waals surface area contributed by atoms with Gasteiger partial charge >= 0.3 is 74.2 Å². The van der Waals surface area contributed by atoms with Gasteiger partial charge in [-0.3, -0.25) is 19.2 Å². The summed E-state index contributed by atoms with van der Waals surface area (Å²) < 4.78 is 20.1. The molecule has 0 aliphatic heterocycles. The molecule has 12 rings (SSSR count). The molecule has 12 aromatic rings. The summed E-state index contributed by atoms with van der Waals surface area (Å²) in [7, 11) is 4.34. The van der Waals surface area contributed by atoms with E-state index >= 15 is 0 Å². The van der Waals surface area contributed by atoms with Gasteiger partial charge in [0.05, 0.1) is 101 Å². The zero-order valence-corrected chi connectivity index (χ0v) is 60.5. The molecule has 4 amide bonds. The number of methoxy groups -OCH3 is 4. The third kappa shape index (κ3) is 24.0. The number of nitrogens with one attached hydrogen (secondary N) is 8. The number of H-pyrrole nitrogens is 4. The Labute approximate surface area is 601 Å². The van der Waals surface area contributed by atoms with Gasteiger partial charge in [0.25, 0.3) is 0 Å². The van der Waals surface area contributed by atoms with Gasteiger partial charge in [0, 0.05) is 33.4 Å². The first kappa shape index (κ1) is 82.5. The maximum Gasteiger partial charge on any atom is 2.00 e. The number of benzene rings is 4. The Morgan fingerprint density at radius 3 is 1.06 bits per heavy atom. The summed E-state index contributed by atoms with van der Waals surface area (Å²) in [5.41, 5.74) is 38.6. The smallest absolute Gasteiger partial charge is 0.632 e. The number of amides is 4. The van der Waals surface area contributed by atoms with E-state index in [0.717, 1.165) is 89.0 Å². The van der Waals surface area contributed by atoms with Crippen LogP contribution in [0.2, 0.25) is 0 Å². The van der Waals surface area contributed by atoms with Crippen molar-refractivity contribution >= 4 is 191 Å². The van der Waals surface area contributed by atoms with E-state index in [2.05, 4.69) is 150 Å². The third-order valence-corrected chi connectivity index (χ3v) is 18.6. The first-order valence-corrected chi connectivity index (χ1v) is 31.8. The van der Waals surface area contributed by atoms with Crippen LogP contribution in [-0.2, 0) is 112 Å². The molecule has 0 spiro atoms. The Morgan fingerprint density at radius 1 is 0.387 bits per heavy atom. The van der Waals surface area contributed by atoms with Crippen molar-refractivity contribution in [3.63, 3.8) is 0 Å². The fourth-order valence-corrected chi connectivity index (χ4v) is 14.1. The second-order valence-corrected chi connectivity index (χ2v) is 24.9. The van der Waals surface area contributed by atoms with Gasteiger partial charge in [-0.25, -0.2) is 44.0 Å². The van der Waals surface area contributed by atoms with Crippen LogP contribution < -0.4 is 22.3 Å². The summed E-state index contributed by atoms with van der Waals surface area (Å²) in [6.45, 7) is 0. The number of ether oxygens (including phenoxy) is 4. The number of nitrogens with zero attached hydrogens (tertiary/aromatic N) is 4. The van der Waals surface area contributed by atoms with Crippen LogP contribution in [0.15, 0.2) is 122 Å². The van der Waals surface area contributed by atoms with Crippen LogP contribution in [0, 0.1) is 0 Å². The second kappa shape index (κ2) is 41.3. The summed E-state index contributed by atoms with van der Waals surface area (Å²) in [5.74, 6) is 0. The summed E-state index contributed by atoms with van der Waals surface area (Å²) in [6.07, 6.45) is -0.457. The number of hydrogen-bond acceptors (Lipinski definition) is 20. The van der Waals surface area contributed by atoms with Gasteiger partial charge in [-0.15, -0.1) is 45.3 Å². The van der Waals surface area contributed by atoms with E-state index in [4.69, 9.17) is 22.9 Å². The predicted molar refractivity (Wildman–Crippen MR) is 364 cm³/mol. The zero-order chi connectivity index (χ0) is 63.3. The van der Waals surface area contributed by atoms with E-state index in [1.54, 1.807) is 57.7 Å². The molecule has 0 fully saturated rings. The standard InChI is InChI=1S/2C24H14N4O2P2S2.4C2H5NO2.CH4.4V/c29-11-31-23-25-10-18(28-23)13-1-3-14(4-2-13)19-8-21-22(33-19)9-20(34-21)15-5-6-16-17(7-15)27-24(26-16)32-12-30;29-11-31-23-25-10-18(28-23)20-9-22-21(34-20)8-19(33-22)14-3-1-13(2-4-14)15-5-6-16-17(7-15)27-24(26-16)32-12-30;4*1-5-2(3)4;;;;;/h2*1-10,31-32H,(H,25,28)(H,26,27);4*1H3,(H2,3,4);1H4;;;;/q2*-2;;;;;;4*+2/p-4. The van der Waals surface area contributed by atoms with Crippen LogP contribution in [0.3, 0.4) is 0 Å². The monoisotopic (exact) mass is 1550 g/mol. The summed E-state index contributed by atoms with van der Waals surface area (Å²) in [5, 5.41) is 0. The average Bonchev–Trinajstić information content (AvgIpc) is 1.70. The number of hydrogen-bond donors (Lipinski definition) is 4. The maximum absolute atomic E-state index is 10.7. The molecular weight excluding hydrogens is 1500 g/mol. The minimum atomic E-state index is -0.995. The van der Waals surface area contributed by atoms with Crippen molar-refractivity contribution in [2.24, 2.45) is 0 Å². The summed E-state index contributed by atoms with van der Waals surface area (Å²) >= 11 is 7.03. The van der Waals surface area contributed by atoms with Crippen molar-refractivity contribution in [1.82, 2.24) is 39.9 Å². The van der Waals surface area contributed by atoms with Crippen molar-refractivity contribution in [3.05, 3.63) is 145 Å². The molecule has 4 atom stereocenters. The quantitative estimate of drug-likeness (QED) is 0.0446.